The van der Waals surface area contributed by atoms with Gasteiger partial charge in [-0.3, -0.25) is 10.9 Å². The molecule has 1 aromatic rings. The minimum Gasteiger partial charge on any atom is -0.364 e. The van der Waals surface area contributed by atoms with Gasteiger partial charge in [0.25, 0.3) is 0 Å². The monoisotopic (exact) mass is 322 g/mol. The Balaban J connectivity index is 2.91. The number of thiocarbonyl (C=S) groups is 2. The van der Waals surface area contributed by atoms with E-state index in [1.807, 2.05) is 31.2 Å². The van der Waals surface area contributed by atoms with Crippen molar-refractivity contribution < 1.29 is 0 Å². The van der Waals surface area contributed by atoms with Crippen molar-refractivity contribution in [2.45, 2.75) is 6.92 Å². The summed E-state index contributed by atoms with van der Waals surface area (Å²) in [4.78, 5) is 0. The minimum atomic E-state index is 0.423. The molecule has 0 saturated heterocycles. The molecule has 0 spiro atoms. The van der Waals surface area contributed by atoms with Crippen LogP contribution in [-0.2, 0) is 0 Å². The number of hydrogen-bond acceptors (Lipinski definition) is 4. The van der Waals surface area contributed by atoms with Crippen molar-refractivity contribution in [3.05, 3.63) is 35.4 Å². The molecule has 21 heavy (non-hydrogen) atoms. The molecule has 0 aliphatic carbocycles. The first kappa shape index (κ1) is 17.0. The lowest BCUT2D eigenvalue weighted by Gasteiger charge is -2.05. The summed E-state index contributed by atoms with van der Waals surface area (Å²) in [6.45, 7) is 2.02. The van der Waals surface area contributed by atoms with Gasteiger partial charge in [-0.05, 0) is 31.4 Å². The van der Waals surface area contributed by atoms with Gasteiger partial charge in [-0.15, -0.1) is 0 Å². The summed E-state index contributed by atoms with van der Waals surface area (Å²) in [5.74, 6) is 0. The predicted molar refractivity (Wildman–Crippen MR) is 95.8 cm³/mol. The van der Waals surface area contributed by atoms with E-state index in [1.165, 1.54) is 5.56 Å². The molecule has 0 fully saturated rings. The highest BCUT2D eigenvalue weighted by Gasteiger charge is 2.01. The lowest BCUT2D eigenvalue weighted by molar-refractivity contribution is 0.972. The smallest absolute Gasteiger partial charge is 0.186 e. The molecule has 0 atom stereocenters. The highest BCUT2D eigenvalue weighted by Crippen LogP contribution is 2.03. The van der Waals surface area contributed by atoms with E-state index < -0.39 is 0 Å². The van der Waals surface area contributed by atoms with Gasteiger partial charge in [0.2, 0.25) is 0 Å². The normalized spacial score (nSPS) is 11.1. The van der Waals surface area contributed by atoms with Crippen LogP contribution in [0.1, 0.15) is 11.1 Å². The summed E-state index contributed by atoms with van der Waals surface area (Å²) in [6, 6.07) is 7.92. The van der Waals surface area contributed by atoms with E-state index in [2.05, 4.69) is 31.7 Å². The molecular weight excluding hydrogens is 304 g/mol. The van der Waals surface area contributed by atoms with Crippen LogP contribution in [-0.4, -0.2) is 36.2 Å². The molecule has 0 aromatic heterocycles. The second kappa shape index (κ2) is 8.98. The van der Waals surface area contributed by atoms with Crippen molar-refractivity contribution in [3.8, 4) is 0 Å². The molecule has 0 saturated carbocycles. The Labute approximate surface area is 135 Å². The van der Waals surface area contributed by atoms with Crippen LogP contribution in [0.4, 0.5) is 0 Å². The van der Waals surface area contributed by atoms with Crippen LogP contribution in [0.2, 0.25) is 0 Å². The predicted octanol–water partition coefficient (Wildman–Crippen LogP) is 0.873. The minimum absolute atomic E-state index is 0.423. The summed E-state index contributed by atoms with van der Waals surface area (Å²) in [5.41, 5.74) is 8.12. The second-order valence-electron chi connectivity index (χ2n) is 4.00. The van der Waals surface area contributed by atoms with E-state index in [9.17, 15) is 0 Å². The zero-order valence-corrected chi connectivity index (χ0v) is 13.7. The van der Waals surface area contributed by atoms with Gasteiger partial charge in [0, 0.05) is 19.7 Å². The SMILES string of the molecule is CNC(=S)N/N=C(\C=N\NC(=S)NC)c1ccc(C)cc1. The number of hydrazone groups is 2. The van der Waals surface area contributed by atoms with Gasteiger partial charge in [0.15, 0.2) is 10.2 Å². The summed E-state index contributed by atoms with van der Waals surface area (Å²) < 4.78 is 0. The fraction of sp³-hybridized carbons (Fsp3) is 0.231. The number of nitrogens with one attached hydrogen (secondary N) is 4. The van der Waals surface area contributed by atoms with Gasteiger partial charge in [-0.1, -0.05) is 29.8 Å². The Hall–Kier alpha value is -2.06. The van der Waals surface area contributed by atoms with E-state index >= 15 is 0 Å². The van der Waals surface area contributed by atoms with Crippen LogP contribution >= 0.6 is 24.4 Å². The number of nitrogens with zero attached hydrogens (tertiary/aromatic N) is 2. The molecule has 0 heterocycles. The van der Waals surface area contributed by atoms with E-state index in [0.29, 0.717) is 15.9 Å². The van der Waals surface area contributed by atoms with Crippen LogP contribution in [0.3, 0.4) is 0 Å². The van der Waals surface area contributed by atoms with Crippen LogP contribution in [0.25, 0.3) is 0 Å². The highest BCUT2D eigenvalue weighted by molar-refractivity contribution is 7.80. The maximum atomic E-state index is 5.00. The van der Waals surface area contributed by atoms with Gasteiger partial charge in [0.05, 0.1) is 6.21 Å². The number of benzene rings is 1. The quantitative estimate of drug-likeness (QED) is 0.375. The molecule has 112 valence electrons. The molecule has 0 aliphatic heterocycles. The molecule has 1 aromatic carbocycles. The van der Waals surface area contributed by atoms with Gasteiger partial charge < -0.3 is 10.6 Å². The van der Waals surface area contributed by atoms with Crippen molar-refractivity contribution in [1.29, 1.82) is 0 Å². The van der Waals surface area contributed by atoms with Gasteiger partial charge in [-0.25, -0.2) is 0 Å². The third-order valence-corrected chi connectivity index (χ3v) is 3.02. The summed E-state index contributed by atoms with van der Waals surface area (Å²) in [5, 5.41) is 14.7. The van der Waals surface area contributed by atoms with Crippen molar-refractivity contribution in [2.75, 3.05) is 14.1 Å². The molecule has 0 unspecified atom stereocenters. The Kier molecular flexibility index (Phi) is 7.27. The van der Waals surface area contributed by atoms with Crippen LogP contribution in [0, 0.1) is 6.92 Å². The number of rotatable bonds is 4. The van der Waals surface area contributed by atoms with Crippen molar-refractivity contribution in [2.24, 2.45) is 10.2 Å². The summed E-state index contributed by atoms with van der Waals surface area (Å²) >= 11 is 9.94. The maximum absolute atomic E-state index is 5.00. The first-order valence-corrected chi connectivity index (χ1v) is 7.01. The van der Waals surface area contributed by atoms with Crippen molar-refractivity contribution in [3.63, 3.8) is 0 Å². The first-order chi connectivity index (χ1) is 10.1. The molecule has 4 N–H and O–H groups in total. The maximum Gasteiger partial charge on any atom is 0.186 e. The van der Waals surface area contributed by atoms with Crippen LogP contribution < -0.4 is 21.5 Å². The van der Waals surface area contributed by atoms with Crippen LogP contribution in [0.5, 0.6) is 0 Å². The largest absolute Gasteiger partial charge is 0.364 e. The zero-order valence-electron chi connectivity index (χ0n) is 12.1. The van der Waals surface area contributed by atoms with Gasteiger partial charge in [-0.2, -0.15) is 10.2 Å². The number of aryl methyl sites for hydroxylation is 1. The van der Waals surface area contributed by atoms with E-state index in [4.69, 9.17) is 24.4 Å². The van der Waals surface area contributed by atoms with Crippen molar-refractivity contribution in [1.82, 2.24) is 21.5 Å². The summed E-state index contributed by atoms with van der Waals surface area (Å²) in [7, 11) is 3.43. The van der Waals surface area contributed by atoms with E-state index in [-0.39, 0.29) is 0 Å². The van der Waals surface area contributed by atoms with Crippen LogP contribution in [0.15, 0.2) is 34.5 Å². The second-order valence-corrected chi connectivity index (χ2v) is 4.82. The zero-order chi connectivity index (χ0) is 15.7. The molecule has 0 radical (unpaired) electrons. The Morgan fingerprint density at radius 2 is 1.57 bits per heavy atom. The first-order valence-electron chi connectivity index (χ1n) is 6.20. The molecule has 0 bridgehead atoms. The Bertz CT molecular complexity index is 550. The Morgan fingerprint density at radius 3 is 2.14 bits per heavy atom. The molecule has 6 nitrogen and oxygen atoms in total. The Morgan fingerprint density at radius 1 is 1.00 bits per heavy atom. The molecule has 8 heteroatoms. The lowest BCUT2D eigenvalue weighted by Crippen LogP contribution is -2.30. The third-order valence-electron chi connectivity index (χ3n) is 2.43. The number of hydrogen-bond donors (Lipinski definition) is 4. The average molecular weight is 322 g/mol. The van der Waals surface area contributed by atoms with Gasteiger partial charge >= 0.3 is 0 Å². The standard InChI is InChI=1S/C13H18N6S2/c1-9-4-6-10(7-5-9)11(17-19-13(21)15-3)8-16-18-12(20)14-2/h4-8H,1-3H3,(H2,14,18,20)(H2,15,19,21)/b16-8+,17-11+. The van der Waals surface area contributed by atoms with E-state index in [1.54, 1.807) is 20.3 Å². The molecular formula is C13H18N6S2. The average Bonchev–Trinajstić information content (AvgIpc) is 2.50. The third kappa shape index (κ3) is 6.28. The fourth-order valence-corrected chi connectivity index (χ4v) is 1.37. The van der Waals surface area contributed by atoms with Crippen molar-refractivity contribution >= 4 is 46.6 Å². The molecule has 0 amide bonds. The molecule has 0 aliphatic rings. The fourth-order valence-electron chi connectivity index (χ4n) is 1.27. The molecule has 1 rings (SSSR count). The van der Waals surface area contributed by atoms with Gasteiger partial charge in [0.1, 0.15) is 5.71 Å². The summed E-state index contributed by atoms with van der Waals surface area (Å²) in [6.07, 6.45) is 1.57. The topological polar surface area (TPSA) is 72.8 Å². The highest BCUT2D eigenvalue weighted by atomic mass is 32.1. The lowest BCUT2D eigenvalue weighted by atomic mass is 10.1. The van der Waals surface area contributed by atoms with E-state index in [0.717, 1.165) is 5.56 Å².